The summed E-state index contributed by atoms with van der Waals surface area (Å²) >= 11 is 0. The Labute approximate surface area is 122 Å². The summed E-state index contributed by atoms with van der Waals surface area (Å²) in [5.74, 6) is 1.22. The number of rotatable bonds is 6. The van der Waals surface area contributed by atoms with E-state index in [1.807, 2.05) is 27.9 Å². The third-order valence-electron chi connectivity index (χ3n) is 3.25. The van der Waals surface area contributed by atoms with Crippen molar-refractivity contribution in [1.29, 1.82) is 5.26 Å². The maximum absolute atomic E-state index is 9.43. The van der Waals surface area contributed by atoms with Crippen molar-refractivity contribution in [3.05, 3.63) is 16.8 Å². The van der Waals surface area contributed by atoms with Gasteiger partial charge in [-0.25, -0.2) is 0 Å². The van der Waals surface area contributed by atoms with Crippen molar-refractivity contribution >= 4 is 5.82 Å². The Morgan fingerprint density at radius 3 is 2.30 bits per heavy atom. The highest BCUT2D eigenvalue weighted by molar-refractivity contribution is 5.57. The van der Waals surface area contributed by atoms with E-state index in [-0.39, 0.29) is 0 Å². The van der Waals surface area contributed by atoms with E-state index >= 15 is 0 Å². The normalized spacial score (nSPS) is 10.9. The van der Waals surface area contributed by atoms with Crippen LogP contribution in [-0.2, 0) is 0 Å². The highest BCUT2D eigenvalue weighted by Gasteiger charge is 2.18. The van der Waals surface area contributed by atoms with Crippen molar-refractivity contribution in [3.8, 4) is 6.07 Å². The van der Waals surface area contributed by atoms with Gasteiger partial charge < -0.3 is 9.80 Å². The van der Waals surface area contributed by atoms with Gasteiger partial charge in [0.05, 0.1) is 5.69 Å². The molecule has 110 valence electrons. The number of hydrogen-bond acceptors (Lipinski definition) is 5. The molecule has 5 heteroatoms. The lowest BCUT2D eigenvalue weighted by Gasteiger charge is -2.27. The first-order chi connectivity index (χ1) is 9.36. The molecule has 0 N–H and O–H groups in total. The van der Waals surface area contributed by atoms with Gasteiger partial charge in [-0.05, 0) is 39.4 Å². The molecule has 1 rings (SSSR count). The highest BCUT2D eigenvalue weighted by Crippen LogP contribution is 2.22. The molecule has 0 bridgehead atoms. The van der Waals surface area contributed by atoms with Gasteiger partial charge in [-0.1, -0.05) is 13.8 Å². The molecule has 0 unspecified atom stereocenters. The van der Waals surface area contributed by atoms with Crippen molar-refractivity contribution in [1.82, 2.24) is 15.1 Å². The quantitative estimate of drug-likeness (QED) is 0.794. The average Bonchev–Trinajstić information content (AvgIpc) is 2.37. The van der Waals surface area contributed by atoms with Gasteiger partial charge in [-0.2, -0.15) is 10.4 Å². The first kappa shape index (κ1) is 16.4. The predicted molar refractivity (Wildman–Crippen MR) is 81.8 cm³/mol. The van der Waals surface area contributed by atoms with Gasteiger partial charge in [-0.15, -0.1) is 5.10 Å². The van der Waals surface area contributed by atoms with Crippen LogP contribution in [0.4, 0.5) is 5.82 Å². The largest absolute Gasteiger partial charge is 0.352 e. The molecule has 1 aromatic heterocycles. The second-order valence-corrected chi connectivity index (χ2v) is 5.86. The van der Waals surface area contributed by atoms with Gasteiger partial charge in [-0.3, -0.25) is 0 Å². The minimum Gasteiger partial charge on any atom is -0.352 e. The monoisotopic (exact) mass is 275 g/mol. The van der Waals surface area contributed by atoms with Gasteiger partial charge in [0.2, 0.25) is 0 Å². The van der Waals surface area contributed by atoms with Crippen LogP contribution >= 0.6 is 0 Å². The molecule has 0 spiro atoms. The fourth-order valence-electron chi connectivity index (χ4n) is 2.00. The van der Waals surface area contributed by atoms with E-state index < -0.39 is 0 Å². The molecule has 0 radical (unpaired) electrons. The molecule has 20 heavy (non-hydrogen) atoms. The van der Waals surface area contributed by atoms with Crippen LogP contribution in [0.15, 0.2) is 0 Å². The van der Waals surface area contributed by atoms with Gasteiger partial charge in [0.15, 0.2) is 5.82 Å². The summed E-state index contributed by atoms with van der Waals surface area (Å²) in [6.07, 6.45) is 0. The van der Waals surface area contributed by atoms with Crippen molar-refractivity contribution in [2.75, 3.05) is 38.6 Å². The van der Waals surface area contributed by atoms with Crippen LogP contribution < -0.4 is 4.90 Å². The maximum atomic E-state index is 9.43. The smallest absolute Gasteiger partial charge is 0.169 e. The Morgan fingerprint density at radius 1 is 1.15 bits per heavy atom. The summed E-state index contributed by atoms with van der Waals surface area (Å²) in [5.41, 5.74) is 2.40. The third kappa shape index (κ3) is 4.17. The molecule has 0 atom stereocenters. The Morgan fingerprint density at radius 2 is 1.80 bits per heavy atom. The molecule has 5 nitrogen and oxygen atoms in total. The number of likely N-dealkylation sites (N-methyl/N-ethyl adjacent to an activating group) is 1. The van der Waals surface area contributed by atoms with Crippen LogP contribution in [0.1, 0.15) is 30.7 Å². The van der Waals surface area contributed by atoms with Crippen molar-refractivity contribution in [2.24, 2.45) is 5.92 Å². The lowest BCUT2D eigenvalue weighted by Crippen LogP contribution is -2.35. The van der Waals surface area contributed by atoms with Crippen LogP contribution in [-0.4, -0.2) is 48.8 Å². The number of nitrogens with zero attached hydrogens (tertiary/aromatic N) is 5. The molecule has 0 fully saturated rings. The molecule has 0 saturated heterocycles. The van der Waals surface area contributed by atoms with E-state index in [0.717, 1.165) is 30.9 Å². The SMILES string of the molecule is Cc1nnc(N(CCN(C)C)CC(C)C)c(C#N)c1C. The molecule has 0 amide bonds. The fourth-order valence-corrected chi connectivity index (χ4v) is 2.00. The molecule has 1 aromatic rings. The summed E-state index contributed by atoms with van der Waals surface area (Å²) < 4.78 is 0. The van der Waals surface area contributed by atoms with E-state index in [0.29, 0.717) is 17.3 Å². The summed E-state index contributed by atoms with van der Waals surface area (Å²) in [5, 5.41) is 17.9. The van der Waals surface area contributed by atoms with Gasteiger partial charge in [0.25, 0.3) is 0 Å². The molecule has 0 aliphatic rings. The molecular weight excluding hydrogens is 250 g/mol. The van der Waals surface area contributed by atoms with Gasteiger partial charge >= 0.3 is 0 Å². The lowest BCUT2D eigenvalue weighted by atomic mass is 10.1. The molecule has 1 heterocycles. The van der Waals surface area contributed by atoms with Gasteiger partial charge in [0, 0.05) is 19.6 Å². The predicted octanol–water partition coefficient (Wildman–Crippen LogP) is 1.99. The third-order valence-corrected chi connectivity index (χ3v) is 3.25. The van der Waals surface area contributed by atoms with Crippen molar-refractivity contribution in [2.45, 2.75) is 27.7 Å². The minimum atomic E-state index is 0.507. The average molecular weight is 275 g/mol. The Bertz CT molecular complexity index is 488. The van der Waals surface area contributed by atoms with E-state index in [4.69, 9.17) is 0 Å². The maximum Gasteiger partial charge on any atom is 0.169 e. The van der Waals surface area contributed by atoms with Crippen LogP contribution in [0.5, 0.6) is 0 Å². The lowest BCUT2D eigenvalue weighted by molar-refractivity contribution is 0.408. The van der Waals surface area contributed by atoms with Crippen LogP contribution in [0.3, 0.4) is 0 Å². The topological polar surface area (TPSA) is 56.1 Å². The van der Waals surface area contributed by atoms with Crippen LogP contribution in [0.25, 0.3) is 0 Å². The second-order valence-electron chi connectivity index (χ2n) is 5.86. The standard InChI is InChI=1S/C15H25N5/c1-11(2)10-20(8-7-19(5)6)15-14(9-16)12(3)13(4)17-18-15/h11H,7-8,10H2,1-6H3. The second kappa shape index (κ2) is 7.20. The first-order valence-electron chi connectivity index (χ1n) is 7.00. The number of anilines is 1. The molecule has 0 aliphatic heterocycles. The first-order valence-corrected chi connectivity index (χ1v) is 7.00. The molecule has 0 saturated carbocycles. The van der Waals surface area contributed by atoms with Crippen molar-refractivity contribution < 1.29 is 0 Å². The van der Waals surface area contributed by atoms with E-state index in [9.17, 15) is 5.26 Å². The molecular formula is C15H25N5. The van der Waals surface area contributed by atoms with Gasteiger partial charge in [0.1, 0.15) is 11.6 Å². The fraction of sp³-hybridized carbons (Fsp3) is 0.667. The Hall–Kier alpha value is -1.67. The van der Waals surface area contributed by atoms with Crippen LogP contribution in [0, 0.1) is 31.1 Å². The van der Waals surface area contributed by atoms with E-state index in [1.165, 1.54) is 0 Å². The van der Waals surface area contributed by atoms with E-state index in [1.54, 1.807) is 0 Å². The number of aryl methyl sites for hydroxylation is 1. The number of aromatic nitrogens is 2. The number of hydrogen-bond donors (Lipinski definition) is 0. The summed E-state index contributed by atoms with van der Waals surface area (Å²) in [6, 6.07) is 2.29. The van der Waals surface area contributed by atoms with E-state index in [2.05, 4.69) is 39.9 Å². The Balaban J connectivity index is 3.13. The van der Waals surface area contributed by atoms with Crippen LogP contribution in [0.2, 0.25) is 0 Å². The zero-order valence-electron chi connectivity index (χ0n) is 13.4. The number of nitriles is 1. The van der Waals surface area contributed by atoms with Crippen molar-refractivity contribution in [3.63, 3.8) is 0 Å². The molecule has 0 aromatic carbocycles. The highest BCUT2D eigenvalue weighted by atomic mass is 15.3. The summed E-state index contributed by atoms with van der Waals surface area (Å²) in [7, 11) is 4.09. The summed E-state index contributed by atoms with van der Waals surface area (Å²) in [4.78, 5) is 4.30. The molecule has 0 aliphatic carbocycles. The Kier molecular flexibility index (Phi) is 5.90. The minimum absolute atomic E-state index is 0.507. The zero-order valence-corrected chi connectivity index (χ0v) is 13.4. The summed E-state index contributed by atoms with van der Waals surface area (Å²) in [6.45, 7) is 10.8. The zero-order chi connectivity index (χ0) is 15.3.